The van der Waals surface area contributed by atoms with E-state index in [-0.39, 0.29) is 12.5 Å². The van der Waals surface area contributed by atoms with Crippen molar-refractivity contribution in [3.63, 3.8) is 0 Å². The molecule has 0 aliphatic carbocycles. The van der Waals surface area contributed by atoms with Gasteiger partial charge in [-0.2, -0.15) is 4.98 Å². The van der Waals surface area contributed by atoms with Crippen LogP contribution in [0.2, 0.25) is 0 Å². The molecule has 0 spiro atoms. The van der Waals surface area contributed by atoms with Gasteiger partial charge in [0.15, 0.2) is 0 Å². The van der Waals surface area contributed by atoms with Crippen LogP contribution in [0.15, 0.2) is 64.0 Å². The molecule has 0 radical (unpaired) electrons. The highest BCUT2D eigenvalue weighted by Crippen LogP contribution is 2.22. The van der Waals surface area contributed by atoms with Crippen molar-refractivity contribution in [1.29, 1.82) is 0 Å². The van der Waals surface area contributed by atoms with Crippen LogP contribution in [0.3, 0.4) is 0 Å². The normalized spacial score (nSPS) is 10.6. The minimum atomic E-state index is 0.0413. The number of carbonyl (C=O) groups is 1. The number of rotatable bonds is 8. The van der Waals surface area contributed by atoms with Crippen molar-refractivity contribution in [3.8, 4) is 17.1 Å². The average molecular weight is 383 g/mol. The minimum absolute atomic E-state index is 0.0413. The van der Waals surface area contributed by atoms with Gasteiger partial charge in [0.25, 0.3) is 0 Å². The van der Waals surface area contributed by atoms with Gasteiger partial charge in [0.2, 0.25) is 17.6 Å². The van der Waals surface area contributed by atoms with Crippen molar-refractivity contribution in [1.82, 2.24) is 15.0 Å². The summed E-state index contributed by atoms with van der Waals surface area (Å²) in [5, 5.41) is 3.99. The van der Waals surface area contributed by atoms with Crippen molar-refractivity contribution in [2.45, 2.75) is 17.9 Å². The quantitative estimate of drug-likeness (QED) is 0.550. The predicted octanol–water partition coefficient (Wildman–Crippen LogP) is 3.89. The van der Waals surface area contributed by atoms with E-state index < -0.39 is 0 Å². The lowest BCUT2D eigenvalue weighted by molar-refractivity contribution is -0.130. The SMILES string of the molecule is COc1cccc(-c2noc(CN(C)C(=O)CCSc3ccccc3)n2)c1. The van der Waals surface area contributed by atoms with Gasteiger partial charge in [0.1, 0.15) is 5.75 Å². The molecule has 0 fully saturated rings. The largest absolute Gasteiger partial charge is 0.497 e. The topological polar surface area (TPSA) is 68.5 Å². The van der Waals surface area contributed by atoms with Gasteiger partial charge >= 0.3 is 0 Å². The Hall–Kier alpha value is -2.80. The second-order valence-corrected chi connectivity index (χ2v) is 7.07. The molecule has 0 bridgehead atoms. The molecule has 6 nitrogen and oxygen atoms in total. The van der Waals surface area contributed by atoms with Gasteiger partial charge in [-0.15, -0.1) is 11.8 Å². The molecule has 0 saturated heterocycles. The Kier molecular flexibility index (Phi) is 6.49. The van der Waals surface area contributed by atoms with Gasteiger partial charge in [0.05, 0.1) is 13.7 Å². The Labute approximate surface area is 162 Å². The molecule has 0 saturated carbocycles. The second-order valence-electron chi connectivity index (χ2n) is 5.90. The maximum atomic E-state index is 12.3. The highest BCUT2D eigenvalue weighted by atomic mass is 32.2. The average Bonchev–Trinajstić information content (AvgIpc) is 3.17. The van der Waals surface area contributed by atoms with E-state index in [2.05, 4.69) is 10.1 Å². The first-order chi connectivity index (χ1) is 13.2. The molecule has 0 aliphatic rings. The number of carbonyl (C=O) groups excluding carboxylic acids is 1. The van der Waals surface area contributed by atoms with Gasteiger partial charge in [-0.25, -0.2) is 0 Å². The monoisotopic (exact) mass is 383 g/mol. The van der Waals surface area contributed by atoms with E-state index in [4.69, 9.17) is 9.26 Å². The molecule has 1 heterocycles. The number of ether oxygens (including phenoxy) is 1. The summed E-state index contributed by atoms with van der Waals surface area (Å²) in [7, 11) is 3.35. The van der Waals surface area contributed by atoms with Crippen molar-refractivity contribution < 1.29 is 14.1 Å². The number of thioether (sulfide) groups is 1. The van der Waals surface area contributed by atoms with E-state index in [0.717, 1.165) is 22.0 Å². The maximum Gasteiger partial charge on any atom is 0.246 e. The van der Waals surface area contributed by atoms with E-state index in [0.29, 0.717) is 18.1 Å². The molecule has 3 aromatic rings. The summed E-state index contributed by atoms with van der Waals surface area (Å²) in [6.07, 6.45) is 0.451. The highest BCUT2D eigenvalue weighted by molar-refractivity contribution is 7.99. The van der Waals surface area contributed by atoms with E-state index in [9.17, 15) is 4.79 Å². The lowest BCUT2D eigenvalue weighted by atomic mass is 10.2. The standard InChI is InChI=1S/C20H21N3O3S/c1-23(19(24)11-12-27-17-9-4-3-5-10-17)14-18-21-20(22-26-18)15-7-6-8-16(13-15)25-2/h3-10,13H,11-12,14H2,1-2H3. The highest BCUT2D eigenvalue weighted by Gasteiger charge is 2.15. The number of nitrogens with zero attached hydrogens (tertiary/aromatic N) is 3. The molecule has 1 aromatic heterocycles. The fraction of sp³-hybridized carbons (Fsp3) is 0.250. The molecule has 1 amide bonds. The number of methoxy groups -OCH3 is 1. The molecule has 140 valence electrons. The first-order valence-corrected chi connectivity index (χ1v) is 9.53. The van der Waals surface area contributed by atoms with Gasteiger partial charge in [-0.1, -0.05) is 35.5 Å². The maximum absolute atomic E-state index is 12.3. The molecule has 27 heavy (non-hydrogen) atoms. The van der Waals surface area contributed by atoms with E-state index >= 15 is 0 Å². The summed E-state index contributed by atoms with van der Waals surface area (Å²) in [6.45, 7) is 0.284. The van der Waals surface area contributed by atoms with Crippen LogP contribution in [0.1, 0.15) is 12.3 Å². The predicted molar refractivity (Wildman–Crippen MR) is 105 cm³/mol. The smallest absolute Gasteiger partial charge is 0.246 e. The Bertz CT molecular complexity index is 883. The van der Waals surface area contributed by atoms with Crippen LogP contribution in [0.4, 0.5) is 0 Å². The van der Waals surface area contributed by atoms with Gasteiger partial charge in [-0.3, -0.25) is 4.79 Å². The van der Waals surface area contributed by atoms with Crippen LogP contribution >= 0.6 is 11.8 Å². The second kappa shape index (κ2) is 9.23. The molecule has 7 heteroatoms. The van der Waals surface area contributed by atoms with Crippen molar-refractivity contribution in [2.75, 3.05) is 19.9 Å². The Morgan fingerprint density at radius 2 is 2.00 bits per heavy atom. The summed E-state index contributed by atoms with van der Waals surface area (Å²) >= 11 is 1.67. The van der Waals surface area contributed by atoms with Crippen LogP contribution in [0.5, 0.6) is 5.75 Å². The van der Waals surface area contributed by atoms with Crippen LogP contribution in [0, 0.1) is 0 Å². The summed E-state index contributed by atoms with van der Waals surface area (Å²) < 4.78 is 10.5. The molecule has 0 N–H and O–H groups in total. The minimum Gasteiger partial charge on any atom is -0.497 e. The molecule has 0 unspecified atom stereocenters. The molecule has 0 aliphatic heterocycles. The Morgan fingerprint density at radius 1 is 1.19 bits per heavy atom. The van der Waals surface area contributed by atoms with Gasteiger partial charge < -0.3 is 14.2 Å². The summed E-state index contributed by atoms with van der Waals surface area (Å²) in [4.78, 5) is 19.4. The number of hydrogen-bond donors (Lipinski definition) is 0. The third-order valence-electron chi connectivity index (χ3n) is 3.92. The summed E-state index contributed by atoms with van der Waals surface area (Å²) in [5.74, 6) is 2.37. The van der Waals surface area contributed by atoms with Crippen LogP contribution in [0.25, 0.3) is 11.4 Å². The molecular weight excluding hydrogens is 362 g/mol. The molecular formula is C20H21N3O3S. The van der Waals surface area contributed by atoms with Crippen LogP contribution in [-0.4, -0.2) is 40.9 Å². The zero-order valence-corrected chi connectivity index (χ0v) is 16.1. The zero-order chi connectivity index (χ0) is 19.1. The third-order valence-corrected chi connectivity index (χ3v) is 4.94. The molecule has 0 atom stereocenters. The van der Waals surface area contributed by atoms with Crippen molar-refractivity contribution >= 4 is 17.7 Å². The molecule has 3 rings (SSSR count). The third kappa shape index (κ3) is 5.34. The number of hydrogen-bond acceptors (Lipinski definition) is 6. The van der Waals surface area contributed by atoms with Crippen LogP contribution < -0.4 is 4.74 Å². The Balaban J connectivity index is 1.52. The van der Waals surface area contributed by atoms with E-state index in [1.54, 1.807) is 30.8 Å². The fourth-order valence-corrected chi connectivity index (χ4v) is 3.32. The number of benzene rings is 2. The lowest BCUT2D eigenvalue weighted by Gasteiger charge is -2.14. The number of amides is 1. The van der Waals surface area contributed by atoms with Gasteiger partial charge in [0, 0.05) is 29.7 Å². The van der Waals surface area contributed by atoms with E-state index in [1.165, 1.54) is 0 Å². The summed E-state index contributed by atoms with van der Waals surface area (Å²) in [5.41, 5.74) is 0.803. The zero-order valence-electron chi connectivity index (χ0n) is 15.3. The first-order valence-electron chi connectivity index (χ1n) is 8.54. The first kappa shape index (κ1) is 19.0. The van der Waals surface area contributed by atoms with Crippen LogP contribution in [-0.2, 0) is 11.3 Å². The molecule has 2 aromatic carbocycles. The Morgan fingerprint density at radius 3 is 2.78 bits per heavy atom. The van der Waals surface area contributed by atoms with Gasteiger partial charge in [-0.05, 0) is 24.3 Å². The van der Waals surface area contributed by atoms with Crippen molar-refractivity contribution in [3.05, 3.63) is 60.5 Å². The summed E-state index contributed by atoms with van der Waals surface area (Å²) in [6, 6.07) is 17.5. The van der Waals surface area contributed by atoms with E-state index in [1.807, 2.05) is 54.6 Å². The lowest BCUT2D eigenvalue weighted by Crippen LogP contribution is -2.26. The van der Waals surface area contributed by atoms with Crippen molar-refractivity contribution in [2.24, 2.45) is 0 Å². The number of aromatic nitrogens is 2. The fourth-order valence-electron chi connectivity index (χ4n) is 2.45.